The lowest BCUT2D eigenvalue weighted by Gasteiger charge is -2.60. The van der Waals surface area contributed by atoms with E-state index in [2.05, 4.69) is 12.2 Å². The highest BCUT2D eigenvalue weighted by atomic mass is 16.1. The molecule has 0 aromatic rings. The van der Waals surface area contributed by atoms with Crippen molar-refractivity contribution >= 4 is 5.91 Å². The molecule has 0 aromatic heterocycles. The lowest BCUT2D eigenvalue weighted by Crippen LogP contribution is -2.60. The van der Waals surface area contributed by atoms with E-state index in [-0.39, 0.29) is 5.91 Å². The van der Waals surface area contributed by atoms with E-state index in [1.807, 2.05) is 0 Å². The normalized spacial score (nSPS) is 51.9. The second kappa shape index (κ2) is 2.99. The third-order valence-corrected chi connectivity index (χ3v) is 5.03. The van der Waals surface area contributed by atoms with Crippen LogP contribution in [0.1, 0.15) is 46.0 Å². The number of amides is 1. The largest absolute Gasteiger partial charge is 0.353 e. The molecule has 0 saturated heterocycles. The smallest absolute Gasteiger partial charge is 0.217 e. The van der Waals surface area contributed by atoms with Crippen molar-refractivity contribution in [1.29, 1.82) is 0 Å². The predicted octanol–water partition coefficient (Wildman–Crippen LogP) is 2.34. The fourth-order valence-electron chi connectivity index (χ4n) is 4.96. The molecule has 4 aliphatic carbocycles. The second-order valence-corrected chi connectivity index (χ2v) is 6.44. The Morgan fingerprint density at radius 1 is 1.20 bits per heavy atom. The SMILES string of the molecule is CC(=O)NC1C2C[C@@H]3C[C@H](C2)CC1(C)C3. The van der Waals surface area contributed by atoms with Gasteiger partial charge >= 0.3 is 0 Å². The summed E-state index contributed by atoms with van der Waals surface area (Å²) in [6.45, 7) is 4.06. The molecule has 3 unspecified atom stereocenters. The highest BCUT2D eigenvalue weighted by Gasteiger charge is 2.54. The van der Waals surface area contributed by atoms with Gasteiger partial charge in [0.05, 0.1) is 0 Å². The van der Waals surface area contributed by atoms with Crippen LogP contribution in [0.15, 0.2) is 0 Å². The van der Waals surface area contributed by atoms with E-state index in [4.69, 9.17) is 0 Å². The molecule has 5 atom stereocenters. The van der Waals surface area contributed by atoms with Crippen LogP contribution in [0, 0.1) is 23.2 Å². The summed E-state index contributed by atoms with van der Waals surface area (Å²) in [4.78, 5) is 11.3. The summed E-state index contributed by atoms with van der Waals surface area (Å²) >= 11 is 0. The van der Waals surface area contributed by atoms with Crippen molar-refractivity contribution in [2.75, 3.05) is 0 Å². The van der Waals surface area contributed by atoms with Crippen LogP contribution < -0.4 is 5.32 Å². The average molecular weight is 207 g/mol. The lowest BCUT2D eigenvalue weighted by molar-refractivity contribution is -0.127. The zero-order valence-electron chi connectivity index (χ0n) is 9.75. The Labute approximate surface area is 91.8 Å². The summed E-state index contributed by atoms with van der Waals surface area (Å²) in [5, 5.41) is 3.23. The van der Waals surface area contributed by atoms with Gasteiger partial charge in [0.1, 0.15) is 0 Å². The van der Waals surface area contributed by atoms with Gasteiger partial charge in [0.2, 0.25) is 5.91 Å². The molecule has 4 aliphatic rings. The van der Waals surface area contributed by atoms with E-state index in [1.165, 1.54) is 32.1 Å². The standard InChI is InChI=1S/C13H21NO/c1-8(15)14-12-11-4-9-3-10(5-11)7-13(12,2)6-9/h9-12H,3-7H2,1-2H3,(H,14,15)/t9-,10+,11?,12?,13?. The Morgan fingerprint density at radius 3 is 2.27 bits per heavy atom. The third-order valence-electron chi connectivity index (χ3n) is 5.03. The zero-order chi connectivity index (χ0) is 10.6. The summed E-state index contributed by atoms with van der Waals surface area (Å²) in [7, 11) is 0. The van der Waals surface area contributed by atoms with Gasteiger partial charge in [-0.3, -0.25) is 4.79 Å². The summed E-state index contributed by atoms with van der Waals surface area (Å²) in [5.74, 6) is 2.88. The third kappa shape index (κ3) is 1.41. The van der Waals surface area contributed by atoms with Crippen LogP contribution in [0.4, 0.5) is 0 Å². The highest BCUT2D eigenvalue weighted by Crippen LogP contribution is 2.59. The maximum atomic E-state index is 11.3. The van der Waals surface area contributed by atoms with Crippen LogP contribution in [0.3, 0.4) is 0 Å². The highest BCUT2D eigenvalue weighted by molar-refractivity contribution is 5.73. The van der Waals surface area contributed by atoms with E-state index in [0.29, 0.717) is 11.5 Å². The van der Waals surface area contributed by atoms with E-state index in [1.54, 1.807) is 6.92 Å². The topological polar surface area (TPSA) is 29.1 Å². The Bertz CT molecular complexity index is 285. The first kappa shape index (κ1) is 9.68. The maximum absolute atomic E-state index is 11.3. The first-order valence-corrected chi connectivity index (χ1v) is 6.34. The Balaban J connectivity index is 1.86. The summed E-state index contributed by atoms with van der Waals surface area (Å²) in [6, 6.07) is 0.475. The van der Waals surface area contributed by atoms with Gasteiger partial charge in [-0.2, -0.15) is 0 Å². The van der Waals surface area contributed by atoms with Crippen molar-refractivity contribution in [3.05, 3.63) is 0 Å². The zero-order valence-corrected chi connectivity index (χ0v) is 9.75. The molecule has 4 saturated carbocycles. The van der Waals surface area contributed by atoms with Gasteiger partial charge in [0.25, 0.3) is 0 Å². The van der Waals surface area contributed by atoms with Gasteiger partial charge in [-0.15, -0.1) is 0 Å². The van der Waals surface area contributed by atoms with Crippen LogP contribution in [0.5, 0.6) is 0 Å². The first-order chi connectivity index (χ1) is 7.07. The number of nitrogens with one attached hydrogen (secondary N) is 1. The fraction of sp³-hybridized carbons (Fsp3) is 0.923. The quantitative estimate of drug-likeness (QED) is 0.702. The number of carbonyl (C=O) groups is 1. The molecule has 2 heteroatoms. The molecule has 4 bridgehead atoms. The predicted molar refractivity (Wildman–Crippen MR) is 59.3 cm³/mol. The molecule has 0 aliphatic heterocycles. The van der Waals surface area contributed by atoms with Gasteiger partial charge in [0, 0.05) is 13.0 Å². The molecule has 84 valence electrons. The molecule has 15 heavy (non-hydrogen) atoms. The van der Waals surface area contributed by atoms with Crippen molar-refractivity contribution in [3.8, 4) is 0 Å². The Kier molecular flexibility index (Phi) is 1.93. The molecule has 0 radical (unpaired) electrons. The first-order valence-electron chi connectivity index (χ1n) is 6.34. The van der Waals surface area contributed by atoms with Gasteiger partial charge in [-0.1, -0.05) is 6.92 Å². The van der Waals surface area contributed by atoms with E-state index in [9.17, 15) is 4.79 Å². The minimum Gasteiger partial charge on any atom is -0.353 e. The number of hydrogen-bond acceptors (Lipinski definition) is 1. The fourth-order valence-corrected chi connectivity index (χ4v) is 4.96. The van der Waals surface area contributed by atoms with Crippen molar-refractivity contribution in [1.82, 2.24) is 5.32 Å². The second-order valence-electron chi connectivity index (χ2n) is 6.44. The summed E-state index contributed by atoms with van der Waals surface area (Å²) in [5.41, 5.74) is 0.417. The molecular formula is C13H21NO. The van der Waals surface area contributed by atoms with Crippen LogP contribution in [-0.2, 0) is 4.79 Å². The average Bonchev–Trinajstić information content (AvgIpc) is 2.09. The van der Waals surface area contributed by atoms with Crippen LogP contribution in [0.25, 0.3) is 0 Å². The maximum Gasteiger partial charge on any atom is 0.217 e. The molecule has 0 spiro atoms. The van der Waals surface area contributed by atoms with Gasteiger partial charge in [-0.05, 0) is 55.3 Å². The minimum absolute atomic E-state index is 0.161. The minimum atomic E-state index is 0.161. The molecule has 1 amide bonds. The van der Waals surface area contributed by atoms with E-state index >= 15 is 0 Å². The van der Waals surface area contributed by atoms with Crippen molar-refractivity contribution in [3.63, 3.8) is 0 Å². The molecule has 0 aromatic carbocycles. The molecule has 1 N–H and O–H groups in total. The number of hydrogen-bond donors (Lipinski definition) is 1. The lowest BCUT2D eigenvalue weighted by atomic mass is 9.48. The molecule has 4 fully saturated rings. The number of rotatable bonds is 1. The van der Waals surface area contributed by atoms with Crippen molar-refractivity contribution < 1.29 is 4.79 Å². The molecule has 0 heterocycles. The number of carbonyl (C=O) groups excluding carboxylic acids is 1. The van der Waals surface area contributed by atoms with Crippen molar-refractivity contribution in [2.45, 2.75) is 52.0 Å². The van der Waals surface area contributed by atoms with Crippen LogP contribution in [-0.4, -0.2) is 11.9 Å². The summed E-state index contributed by atoms with van der Waals surface area (Å²) < 4.78 is 0. The van der Waals surface area contributed by atoms with Gasteiger partial charge < -0.3 is 5.32 Å². The molecule has 2 nitrogen and oxygen atoms in total. The van der Waals surface area contributed by atoms with Crippen molar-refractivity contribution in [2.24, 2.45) is 23.2 Å². The van der Waals surface area contributed by atoms with E-state index in [0.717, 1.165) is 17.8 Å². The summed E-state index contributed by atoms with van der Waals surface area (Å²) in [6.07, 6.45) is 6.92. The van der Waals surface area contributed by atoms with Crippen LogP contribution >= 0.6 is 0 Å². The van der Waals surface area contributed by atoms with Crippen LogP contribution in [0.2, 0.25) is 0 Å². The van der Waals surface area contributed by atoms with E-state index < -0.39 is 0 Å². The Hall–Kier alpha value is -0.530. The molecular weight excluding hydrogens is 186 g/mol. The Morgan fingerprint density at radius 2 is 1.80 bits per heavy atom. The molecule has 4 rings (SSSR count). The van der Waals surface area contributed by atoms with Gasteiger partial charge in [0.15, 0.2) is 0 Å². The monoisotopic (exact) mass is 207 g/mol. The van der Waals surface area contributed by atoms with Gasteiger partial charge in [-0.25, -0.2) is 0 Å².